The van der Waals surface area contributed by atoms with Crippen LogP contribution in [0.4, 0.5) is 4.79 Å². The molecule has 6 nitrogen and oxygen atoms in total. The van der Waals surface area contributed by atoms with Gasteiger partial charge in [0.15, 0.2) is 11.5 Å². The van der Waals surface area contributed by atoms with Gasteiger partial charge in [0.05, 0.1) is 12.7 Å². The van der Waals surface area contributed by atoms with Crippen LogP contribution in [0.15, 0.2) is 18.2 Å². The quantitative estimate of drug-likeness (QED) is 0.563. The minimum atomic E-state index is -0.902. The Morgan fingerprint density at radius 1 is 1.38 bits per heavy atom. The molecule has 0 bridgehead atoms. The summed E-state index contributed by atoms with van der Waals surface area (Å²) in [7, 11) is 0. The van der Waals surface area contributed by atoms with Gasteiger partial charge in [-0.05, 0) is 17.7 Å². The Kier molecular flexibility index (Phi) is 3.96. The molecule has 0 saturated heterocycles. The van der Waals surface area contributed by atoms with Crippen LogP contribution in [-0.4, -0.2) is 28.0 Å². The summed E-state index contributed by atoms with van der Waals surface area (Å²) in [5.74, 6) is -0.572. The van der Waals surface area contributed by atoms with Crippen LogP contribution in [0.1, 0.15) is 18.1 Å². The molecule has 1 aromatic carbocycles. The number of carbonyl (C=O) groups excluding carboxylic acids is 1. The standard InChI is InChI=1S/C10H13NO5/c11-10(15)16-4-3-7(12)6-1-2-8(13)9(14)5-6/h1-2,5,7,12-14H,3-4H2,(H2,11,15). The first-order valence-electron chi connectivity index (χ1n) is 4.63. The van der Waals surface area contributed by atoms with E-state index < -0.39 is 12.2 Å². The van der Waals surface area contributed by atoms with E-state index in [4.69, 9.17) is 10.8 Å². The van der Waals surface area contributed by atoms with Crippen molar-refractivity contribution in [2.24, 2.45) is 5.73 Å². The fraction of sp³-hybridized carbons (Fsp3) is 0.300. The Morgan fingerprint density at radius 3 is 2.62 bits per heavy atom. The molecule has 16 heavy (non-hydrogen) atoms. The van der Waals surface area contributed by atoms with Gasteiger partial charge in [0.1, 0.15) is 0 Å². The van der Waals surface area contributed by atoms with Crippen molar-refractivity contribution < 1.29 is 24.9 Å². The lowest BCUT2D eigenvalue weighted by Crippen LogP contribution is -2.15. The molecule has 1 rings (SSSR count). The number of benzene rings is 1. The van der Waals surface area contributed by atoms with E-state index in [1.165, 1.54) is 18.2 Å². The molecule has 0 aliphatic carbocycles. The highest BCUT2D eigenvalue weighted by atomic mass is 16.5. The maximum Gasteiger partial charge on any atom is 0.404 e. The van der Waals surface area contributed by atoms with Crippen molar-refractivity contribution in [2.45, 2.75) is 12.5 Å². The van der Waals surface area contributed by atoms with Gasteiger partial charge in [-0.3, -0.25) is 0 Å². The van der Waals surface area contributed by atoms with Crippen LogP contribution < -0.4 is 5.73 Å². The van der Waals surface area contributed by atoms with E-state index in [2.05, 4.69) is 4.74 Å². The monoisotopic (exact) mass is 227 g/mol. The van der Waals surface area contributed by atoms with Crippen molar-refractivity contribution >= 4 is 6.09 Å². The number of rotatable bonds is 4. The van der Waals surface area contributed by atoms with E-state index in [-0.39, 0.29) is 24.5 Å². The van der Waals surface area contributed by atoms with Gasteiger partial charge >= 0.3 is 6.09 Å². The van der Waals surface area contributed by atoms with E-state index in [1.54, 1.807) is 0 Å². The zero-order valence-corrected chi connectivity index (χ0v) is 8.46. The van der Waals surface area contributed by atoms with Gasteiger partial charge in [0.2, 0.25) is 0 Å². The molecular weight excluding hydrogens is 214 g/mol. The molecule has 5 N–H and O–H groups in total. The highest BCUT2D eigenvalue weighted by Gasteiger charge is 2.10. The number of hydrogen-bond donors (Lipinski definition) is 4. The topological polar surface area (TPSA) is 113 Å². The number of phenols is 2. The largest absolute Gasteiger partial charge is 0.504 e. The fourth-order valence-corrected chi connectivity index (χ4v) is 1.19. The molecule has 1 atom stereocenters. The summed E-state index contributed by atoms with van der Waals surface area (Å²) in [6.07, 6.45) is -1.64. The number of ether oxygens (including phenoxy) is 1. The lowest BCUT2D eigenvalue weighted by molar-refractivity contribution is 0.111. The van der Waals surface area contributed by atoms with Gasteiger partial charge < -0.3 is 25.8 Å². The highest BCUT2D eigenvalue weighted by molar-refractivity contribution is 5.64. The van der Waals surface area contributed by atoms with Crippen LogP contribution in [-0.2, 0) is 4.74 Å². The molecule has 0 aliphatic rings. The number of hydrogen-bond acceptors (Lipinski definition) is 5. The van der Waals surface area contributed by atoms with Gasteiger partial charge in [0.25, 0.3) is 0 Å². The first-order valence-corrected chi connectivity index (χ1v) is 4.63. The number of nitrogens with two attached hydrogens (primary N) is 1. The third-order valence-electron chi connectivity index (χ3n) is 2.02. The Balaban J connectivity index is 2.55. The molecule has 0 spiro atoms. The highest BCUT2D eigenvalue weighted by Crippen LogP contribution is 2.28. The van der Waals surface area contributed by atoms with E-state index in [9.17, 15) is 15.0 Å². The second kappa shape index (κ2) is 5.22. The summed E-state index contributed by atoms with van der Waals surface area (Å²) < 4.78 is 4.45. The van der Waals surface area contributed by atoms with Gasteiger partial charge in [-0.15, -0.1) is 0 Å². The SMILES string of the molecule is NC(=O)OCCC(O)c1ccc(O)c(O)c1. The Bertz CT molecular complexity index is 379. The summed E-state index contributed by atoms with van der Waals surface area (Å²) >= 11 is 0. The van der Waals surface area contributed by atoms with E-state index in [1.807, 2.05) is 0 Å². The average Bonchev–Trinajstić information content (AvgIpc) is 2.21. The van der Waals surface area contributed by atoms with Crippen molar-refractivity contribution in [1.82, 2.24) is 0 Å². The van der Waals surface area contributed by atoms with Gasteiger partial charge in [-0.25, -0.2) is 4.79 Å². The summed E-state index contributed by atoms with van der Waals surface area (Å²) in [6.45, 7) is -0.0157. The van der Waals surface area contributed by atoms with Crippen LogP contribution in [0, 0.1) is 0 Å². The zero-order chi connectivity index (χ0) is 12.1. The summed E-state index contributed by atoms with van der Waals surface area (Å²) in [4.78, 5) is 10.3. The predicted octanol–water partition coefficient (Wildman–Crippen LogP) is 0.617. The maximum absolute atomic E-state index is 10.3. The summed E-state index contributed by atoms with van der Waals surface area (Å²) in [5.41, 5.74) is 5.17. The zero-order valence-electron chi connectivity index (χ0n) is 8.46. The van der Waals surface area contributed by atoms with Gasteiger partial charge in [0, 0.05) is 6.42 Å². The van der Waals surface area contributed by atoms with E-state index in [0.717, 1.165) is 0 Å². The second-order valence-corrected chi connectivity index (χ2v) is 3.22. The number of amides is 1. The molecule has 0 saturated carbocycles. The Morgan fingerprint density at radius 2 is 2.06 bits per heavy atom. The molecule has 0 fully saturated rings. The number of aliphatic hydroxyl groups is 1. The first kappa shape index (κ1) is 12.1. The third-order valence-corrected chi connectivity index (χ3v) is 2.02. The molecular formula is C10H13NO5. The molecule has 1 aromatic rings. The number of carbonyl (C=O) groups is 1. The minimum absolute atomic E-state index is 0.0157. The smallest absolute Gasteiger partial charge is 0.404 e. The molecule has 1 unspecified atom stereocenters. The van der Waals surface area contributed by atoms with Crippen molar-refractivity contribution in [2.75, 3.05) is 6.61 Å². The normalized spacial score (nSPS) is 12.1. The van der Waals surface area contributed by atoms with Gasteiger partial charge in [-0.2, -0.15) is 0 Å². The lowest BCUT2D eigenvalue weighted by atomic mass is 10.1. The van der Waals surface area contributed by atoms with Crippen molar-refractivity contribution in [1.29, 1.82) is 0 Å². The van der Waals surface area contributed by atoms with E-state index in [0.29, 0.717) is 5.56 Å². The molecule has 0 aromatic heterocycles. The second-order valence-electron chi connectivity index (χ2n) is 3.22. The lowest BCUT2D eigenvalue weighted by Gasteiger charge is -2.11. The summed E-state index contributed by atoms with van der Waals surface area (Å²) in [6, 6.07) is 3.97. The van der Waals surface area contributed by atoms with Crippen molar-refractivity contribution in [3.8, 4) is 11.5 Å². The average molecular weight is 227 g/mol. The summed E-state index contributed by atoms with van der Waals surface area (Å²) in [5, 5.41) is 27.9. The van der Waals surface area contributed by atoms with Crippen LogP contribution >= 0.6 is 0 Å². The Hall–Kier alpha value is -1.95. The van der Waals surface area contributed by atoms with Crippen LogP contribution in [0.3, 0.4) is 0 Å². The minimum Gasteiger partial charge on any atom is -0.504 e. The fourth-order valence-electron chi connectivity index (χ4n) is 1.19. The third kappa shape index (κ3) is 3.32. The van der Waals surface area contributed by atoms with Crippen molar-refractivity contribution in [3.63, 3.8) is 0 Å². The molecule has 0 heterocycles. The van der Waals surface area contributed by atoms with Crippen LogP contribution in [0.2, 0.25) is 0 Å². The number of aliphatic hydroxyl groups excluding tert-OH is 1. The van der Waals surface area contributed by atoms with Gasteiger partial charge in [-0.1, -0.05) is 6.07 Å². The predicted molar refractivity (Wildman–Crippen MR) is 54.9 cm³/mol. The van der Waals surface area contributed by atoms with Crippen LogP contribution in [0.5, 0.6) is 11.5 Å². The molecule has 1 amide bonds. The molecule has 6 heteroatoms. The molecule has 0 aliphatic heterocycles. The van der Waals surface area contributed by atoms with Crippen LogP contribution in [0.25, 0.3) is 0 Å². The molecule has 88 valence electrons. The Labute approximate surface area is 91.9 Å². The van der Waals surface area contributed by atoms with Crippen molar-refractivity contribution in [3.05, 3.63) is 23.8 Å². The molecule has 0 radical (unpaired) electrons. The first-order chi connectivity index (χ1) is 7.50. The van der Waals surface area contributed by atoms with E-state index >= 15 is 0 Å². The number of phenolic OH excluding ortho intramolecular Hbond substituents is 2. The number of aromatic hydroxyl groups is 2. The number of primary amides is 1. The maximum atomic E-state index is 10.3.